The number of aromatic amines is 1. The molecular weight excluding hydrogens is 178 g/mol. The van der Waals surface area contributed by atoms with Crippen molar-refractivity contribution in [1.29, 1.82) is 0 Å². The lowest BCUT2D eigenvalue weighted by Crippen LogP contribution is -2.16. The molecule has 0 amide bonds. The summed E-state index contributed by atoms with van der Waals surface area (Å²) >= 11 is 0. The zero-order valence-electron chi connectivity index (χ0n) is 8.23. The molecule has 2 heterocycles. The number of nitrogens with one attached hydrogen (secondary N) is 1. The van der Waals surface area contributed by atoms with E-state index in [2.05, 4.69) is 15.2 Å². The summed E-state index contributed by atoms with van der Waals surface area (Å²) in [6, 6.07) is -0.214. The van der Waals surface area contributed by atoms with Gasteiger partial charge in [-0.15, -0.1) is 0 Å². The van der Waals surface area contributed by atoms with Crippen LogP contribution in [0.2, 0.25) is 0 Å². The fourth-order valence-electron chi connectivity index (χ4n) is 1.49. The van der Waals surface area contributed by atoms with Crippen molar-refractivity contribution in [3.63, 3.8) is 0 Å². The van der Waals surface area contributed by atoms with Gasteiger partial charge in [0.25, 0.3) is 0 Å². The van der Waals surface area contributed by atoms with Crippen LogP contribution in [0.3, 0.4) is 0 Å². The van der Waals surface area contributed by atoms with Crippen molar-refractivity contribution in [3.05, 3.63) is 35.7 Å². The second-order valence-corrected chi connectivity index (χ2v) is 3.32. The van der Waals surface area contributed by atoms with Gasteiger partial charge in [0.1, 0.15) is 5.82 Å². The first kappa shape index (κ1) is 8.96. The Labute approximate surface area is 82.0 Å². The molecule has 0 aliphatic carbocycles. The van der Waals surface area contributed by atoms with Crippen LogP contribution < -0.4 is 5.73 Å². The van der Waals surface area contributed by atoms with Crippen molar-refractivity contribution in [1.82, 2.24) is 19.7 Å². The molecule has 0 saturated heterocycles. The van der Waals surface area contributed by atoms with Crippen molar-refractivity contribution in [2.45, 2.75) is 13.0 Å². The number of hydrogen-bond donors (Lipinski definition) is 2. The first-order valence-corrected chi connectivity index (χ1v) is 4.43. The van der Waals surface area contributed by atoms with Crippen molar-refractivity contribution < 1.29 is 0 Å². The lowest BCUT2D eigenvalue weighted by atomic mass is 10.1. The predicted molar refractivity (Wildman–Crippen MR) is 52.6 cm³/mol. The van der Waals surface area contributed by atoms with E-state index in [0.717, 1.165) is 17.1 Å². The Balaban J connectivity index is 2.38. The number of aryl methyl sites for hydroxylation is 2. The molecule has 0 aromatic carbocycles. The highest BCUT2D eigenvalue weighted by atomic mass is 15.1. The van der Waals surface area contributed by atoms with E-state index in [4.69, 9.17) is 5.73 Å². The summed E-state index contributed by atoms with van der Waals surface area (Å²) in [5.74, 6) is 0.842. The van der Waals surface area contributed by atoms with Gasteiger partial charge < -0.3 is 10.3 Å². The first-order chi connectivity index (χ1) is 6.70. The van der Waals surface area contributed by atoms with Gasteiger partial charge >= 0.3 is 0 Å². The van der Waals surface area contributed by atoms with Crippen LogP contribution in [0, 0.1) is 6.92 Å². The molecule has 0 saturated carbocycles. The third kappa shape index (κ3) is 1.31. The number of H-pyrrole nitrogens is 1. The third-order valence-electron chi connectivity index (χ3n) is 2.34. The Hall–Kier alpha value is -1.62. The summed E-state index contributed by atoms with van der Waals surface area (Å²) in [7, 11) is 1.93. The van der Waals surface area contributed by atoms with E-state index in [9.17, 15) is 0 Å². The standard InChI is InChI=1S/C9H13N5/c1-6-7(5-12-13-6)8(10)9-11-3-4-14(9)2/h3-5,8H,10H2,1-2H3,(H,12,13). The molecule has 1 unspecified atom stereocenters. The maximum atomic E-state index is 6.06. The highest BCUT2D eigenvalue weighted by Gasteiger charge is 2.16. The van der Waals surface area contributed by atoms with Gasteiger partial charge in [-0.2, -0.15) is 5.10 Å². The molecule has 5 nitrogen and oxygen atoms in total. The largest absolute Gasteiger partial charge is 0.336 e. The van der Waals surface area contributed by atoms with E-state index in [-0.39, 0.29) is 6.04 Å². The summed E-state index contributed by atoms with van der Waals surface area (Å²) in [6.07, 6.45) is 5.36. The Morgan fingerprint density at radius 2 is 2.36 bits per heavy atom. The average molecular weight is 191 g/mol. The molecule has 74 valence electrons. The summed E-state index contributed by atoms with van der Waals surface area (Å²) in [6.45, 7) is 1.95. The fourth-order valence-corrected chi connectivity index (χ4v) is 1.49. The molecule has 0 bridgehead atoms. The quantitative estimate of drug-likeness (QED) is 0.726. The van der Waals surface area contributed by atoms with Crippen molar-refractivity contribution in [3.8, 4) is 0 Å². The average Bonchev–Trinajstić information content (AvgIpc) is 2.73. The second-order valence-electron chi connectivity index (χ2n) is 3.32. The van der Waals surface area contributed by atoms with E-state index in [1.54, 1.807) is 12.4 Å². The van der Waals surface area contributed by atoms with Crippen LogP contribution in [0.4, 0.5) is 0 Å². The smallest absolute Gasteiger partial charge is 0.130 e. The Bertz CT molecular complexity index is 388. The molecule has 14 heavy (non-hydrogen) atoms. The van der Waals surface area contributed by atoms with E-state index in [0.29, 0.717) is 0 Å². The number of imidazole rings is 1. The van der Waals surface area contributed by atoms with Crippen LogP contribution in [0.5, 0.6) is 0 Å². The summed E-state index contributed by atoms with van der Waals surface area (Å²) in [4.78, 5) is 4.21. The lowest BCUT2D eigenvalue weighted by Gasteiger charge is -2.10. The number of aromatic nitrogens is 4. The van der Waals surface area contributed by atoms with Gasteiger partial charge in [-0.3, -0.25) is 5.10 Å². The molecule has 0 aliphatic heterocycles. The normalized spacial score (nSPS) is 13.1. The van der Waals surface area contributed by atoms with Crippen LogP contribution in [-0.4, -0.2) is 19.7 Å². The minimum absolute atomic E-state index is 0.214. The van der Waals surface area contributed by atoms with Crippen molar-refractivity contribution in [2.75, 3.05) is 0 Å². The zero-order chi connectivity index (χ0) is 10.1. The number of nitrogens with zero attached hydrogens (tertiary/aromatic N) is 3. The summed E-state index contributed by atoms with van der Waals surface area (Å²) in [5.41, 5.74) is 8.04. The Kier molecular flexibility index (Phi) is 2.09. The number of nitrogens with two attached hydrogens (primary N) is 1. The van der Waals surface area contributed by atoms with Crippen LogP contribution in [0.15, 0.2) is 18.6 Å². The van der Waals surface area contributed by atoms with Gasteiger partial charge in [-0.1, -0.05) is 0 Å². The van der Waals surface area contributed by atoms with Gasteiger partial charge in [-0.25, -0.2) is 4.98 Å². The van der Waals surface area contributed by atoms with Gasteiger partial charge in [0.2, 0.25) is 0 Å². The molecule has 0 aliphatic rings. The van der Waals surface area contributed by atoms with E-state index >= 15 is 0 Å². The van der Waals surface area contributed by atoms with Gasteiger partial charge in [0.05, 0.1) is 12.2 Å². The lowest BCUT2D eigenvalue weighted by molar-refractivity contribution is 0.714. The molecular formula is C9H13N5. The Morgan fingerprint density at radius 3 is 2.86 bits per heavy atom. The van der Waals surface area contributed by atoms with Crippen LogP contribution in [0.25, 0.3) is 0 Å². The summed E-state index contributed by atoms with van der Waals surface area (Å²) in [5, 5.41) is 6.80. The fraction of sp³-hybridized carbons (Fsp3) is 0.333. The molecule has 2 aromatic rings. The minimum Gasteiger partial charge on any atom is -0.336 e. The van der Waals surface area contributed by atoms with Gasteiger partial charge in [0, 0.05) is 30.7 Å². The molecule has 0 fully saturated rings. The summed E-state index contributed by atoms with van der Waals surface area (Å²) < 4.78 is 1.91. The topological polar surface area (TPSA) is 72.5 Å². The van der Waals surface area contributed by atoms with Crippen molar-refractivity contribution in [2.24, 2.45) is 12.8 Å². The van der Waals surface area contributed by atoms with Gasteiger partial charge in [-0.05, 0) is 6.92 Å². The molecule has 1 atom stereocenters. The van der Waals surface area contributed by atoms with Crippen molar-refractivity contribution >= 4 is 0 Å². The predicted octanol–water partition coefficient (Wildman–Crippen LogP) is 0.500. The maximum Gasteiger partial charge on any atom is 0.130 e. The molecule has 5 heteroatoms. The monoisotopic (exact) mass is 191 g/mol. The highest BCUT2D eigenvalue weighted by molar-refractivity contribution is 5.25. The second kappa shape index (κ2) is 3.26. The zero-order valence-corrected chi connectivity index (χ0v) is 8.23. The molecule has 2 aromatic heterocycles. The third-order valence-corrected chi connectivity index (χ3v) is 2.34. The van der Waals surface area contributed by atoms with Gasteiger partial charge in [0.15, 0.2) is 0 Å². The number of rotatable bonds is 2. The Morgan fingerprint density at radius 1 is 1.57 bits per heavy atom. The van der Waals surface area contributed by atoms with Crippen LogP contribution >= 0.6 is 0 Å². The highest BCUT2D eigenvalue weighted by Crippen LogP contribution is 2.18. The van der Waals surface area contributed by atoms with E-state index in [1.807, 2.05) is 24.7 Å². The number of hydrogen-bond acceptors (Lipinski definition) is 3. The molecule has 0 radical (unpaired) electrons. The molecule has 0 spiro atoms. The van der Waals surface area contributed by atoms with Crippen LogP contribution in [-0.2, 0) is 7.05 Å². The van der Waals surface area contributed by atoms with E-state index < -0.39 is 0 Å². The minimum atomic E-state index is -0.214. The SMILES string of the molecule is Cc1[nH]ncc1C(N)c1nccn1C. The van der Waals surface area contributed by atoms with Crippen LogP contribution in [0.1, 0.15) is 23.1 Å². The molecule has 3 N–H and O–H groups in total. The van der Waals surface area contributed by atoms with E-state index in [1.165, 1.54) is 0 Å². The first-order valence-electron chi connectivity index (χ1n) is 4.43. The molecule has 2 rings (SSSR count). The maximum absolute atomic E-state index is 6.06.